The molecule has 0 aromatic carbocycles. The summed E-state index contributed by atoms with van der Waals surface area (Å²) in [7, 11) is 0. The van der Waals surface area contributed by atoms with E-state index in [-0.39, 0.29) is 5.69 Å². The Morgan fingerprint density at radius 2 is 2.25 bits per heavy atom. The van der Waals surface area contributed by atoms with Gasteiger partial charge < -0.3 is 10.2 Å². The van der Waals surface area contributed by atoms with Crippen LogP contribution < -0.4 is 5.32 Å². The van der Waals surface area contributed by atoms with Crippen LogP contribution in [0, 0.1) is 10.1 Å². The molecule has 1 fully saturated rings. The number of nitrogens with zero attached hydrogens (tertiary/aromatic N) is 3. The number of aromatic nitrogens is 1. The molecule has 0 radical (unpaired) electrons. The molecule has 0 amide bonds. The van der Waals surface area contributed by atoms with Crippen molar-refractivity contribution in [3.05, 3.63) is 26.9 Å². The van der Waals surface area contributed by atoms with Gasteiger partial charge in [-0.2, -0.15) is 0 Å². The Morgan fingerprint density at radius 1 is 1.55 bits per heavy atom. The molecule has 0 spiro atoms. The largest absolute Gasteiger partial charge is 0.366 e. The molecular weight excluding hydrogens is 324 g/mol. The van der Waals surface area contributed by atoms with E-state index in [0.29, 0.717) is 16.3 Å². The zero-order chi connectivity index (χ0) is 14.5. The first-order valence-electron chi connectivity index (χ1n) is 6.89. The summed E-state index contributed by atoms with van der Waals surface area (Å²) >= 11 is 3.34. The molecule has 1 aromatic rings. The molecule has 2 heterocycles. The van der Waals surface area contributed by atoms with Gasteiger partial charge in [0.1, 0.15) is 12.0 Å². The van der Waals surface area contributed by atoms with Crippen LogP contribution in [-0.2, 0) is 0 Å². The standard InChI is InChI=1S/C13H19BrN4O2/c1-2-5-17-6-3-10(4-7-17)16-13-12(14)8-11(9-15-13)18(19)20/h8-10H,2-7H2,1H3,(H,15,16). The zero-order valence-electron chi connectivity index (χ0n) is 11.5. The van der Waals surface area contributed by atoms with Crippen molar-refractivity contribution in [2.24, 2.45) is 0 Å². The van der Waals surface area contributed by atoms with Crippen molar-refractivity contribution in [3.63, 3.8) is 0 Å². The molecular formula is C13H19BrN4O2. The molecule has 0 atom stereocenters. The summed E-state index contributed by atoms with van der Waals surface area (Å²) in [6.07, 6.45) is 4.63. The molecule has 0 saturated carbocycles. The van der Waals surface area contributed by atoms with E-state index < -0.39 is 4.92 Å². The molecule has 1 aromatic heterocycles. The Labute approximate surface area is 126 Å². The number of rotatable bonds is 5. The highest BCUT2D eigenvalue weighted by molar-refractivity contribution is 9.10. The fraction of sp³-hybridized carbons (Fsp3) is 0.615. The molecule has 1 N–H and O–H groups in total. The van der Waals surface area contributed by atoms with E-state index in [1.54, 1.807) is 0 Å². The molecule has 6 nitrogen and oxygen atoms in total. The summed E-state index contributed by atoms with van der Waals surface area (Å²) in [4.78, 5) is 16.8. The van der Waals surface area contributed by atoms with E-state index in [2.05, 4.69) is 38.1 Å². The Morgan fingerprint density at radius 3 is 2.80 bits per heavy atom. The fourth-order valence-corrected chi connectivity index (χ4v) is 2.90. The van der Waals surface area contributed by atoms with Gasteiger partial charge in [0.25, 0.3) is 5.69 Å². The first-order chi connectivity index (χ1) is 9.60. The van der Waals surface area contributed by atoms with Gasteiger partial charge in [0, 0.05) is 25.2 Å². The van der Waals surface area contributed by atoms with Crippen molar-refractivity contribution in [1.29, 1.82) is 0 Å². The second kappa shape index (κ2) is 6.99. The smallest absolute Gasteiger partial charge is 0.288 e. The minimum Gasteiger partial charge on any atom is -0.366 e. The maximum atomic E-state index is 10.7. The molecule has 2 rings (SSSR count). The summed E-state index contributed by atoms with van der Waals surface area (Å²) in [6.45, 7) is 5.54. The second-order valence-corrected chi connectivity index (χ2v) is 5.90. The highest BCUT2D eigenvalue weighted by Gasteiger charge is 2.20. The fourth-order valence-electron chi connectivity index (χ4n) is 2.44. The van der Waals surface area contributed by atoms with Crippen molar-refractivity contribution in [2.45, 2.75) is 32.2 Å². The van der Waals surface area contributed by atoms with Gasteiger partial charge in [-0.3, -0.25) is 10.1 Å². The number of anilines is 1. The third-order valence-corrected chi connectivity index (χ3v) is 4.11. The van der Waals surface area contributed by atoms with E-state index in [0.717, 1.165) is 32.5 Å². The quantitative estimate of drug-likeness (QED) is 0.657. The highest BCUT2D eigenvalue weighted by Crippen LogP contribution is 2.26. The van der Waals surface area contributed by atoms with Gasteiger partial charge in [0.15, 0.2) is 0 Å². The molecule has 1 saturated heterocycles. The minimum absolute atomic E-state index is 0.000176. The number of pyridine rings is 1. The first-order valence-corrected chi connectivity index (χ1v) is 7.68. The predicted octanol–water partition coefficient (Wildman–Crippen LogP) is 3.04. The maximum absolute atomic E-state index is 10.7. The number of hydrogen-bond acceptors (Lipinski definition) is 5. The normalized spacial score (nSPS) is 17.1. The number of halogens is 1. The van der Waals surface area contributed by atoms with Gasteiger partial charge in [-0.15, -0.1) is 0 Å². The molecule has 1 aliphatic rings. The molecule has 0 unspecified atom stereocenters. The molecule has 0 bridgehead atoms. The van der Waals surface area contributed by atoms with Crippen LogP contribution in [0.5, 0.6) is 0 Å². The number of piperidine rings is 1. The second-order valence-electron chi connectivity index (χ2n) is 5.04. The third-order valence-electron chi connectivity index (χ3n) is 3.51. The number of nitrogens with one attached hydrogen (secondary N) is 1. The Balaban J connectivity index is 1.93. The van der Waals surface area contributed by atoms with E-state index in [1.165, 1.54) is 18.7 Å². The van der Waals surface area contributed by atoms with Crippen LogP contribution in [0.15, 0.2) is 16.7 Å². The minimum atomic E-state index is -0.440. The lowest BCUT2D eigenvalue weighted by molar-refractivity contribution is -0.385. The van der Waals surface area contributed by atoms with Crippen molar-refractivity contribution < 1.29 is 4.92 Å². The van der Waals surface area contributed by atoms with Crippen LogP contribution in [0.1, 0.15) is 26.2 Å². The van der Waals surface area contributed by atoms with Crippen molar-refractivity contribution >= 4 is 27.4 Å². The predicted molar refractivity (Wildman–Crippen MR) is 82.0 cm³/mol. The molecule has 0 aliphatic carbocycles. The lowest BCUT2D eigenvalue weighted by Crippen LogP contribution is -2.39. The zero-order valence-corrected chi connectivity index (χ0v) is 13.1. The van der Waals surface area contributed by atoms with E-state index in [4.69, 9.17) is 0 Å². The van der Waals surface area contributed by atoms with Gasteiger partial charge in [-0.1, -0.05) is 6.92 Å². The first kappa shape index (κ1) is 15.2. The van der Waals surface area contributed by atoms with Crippen molar-refractivity contribution in [2.75, 3.05) is 25.0 Å². The van der Waals surface area contributed by atoms with Crippen molar-refractivity contribution in [3.8, 4) is 0 Å². The Bertz CT molecular complexity index is 475. The summed E-state index contributed by atoms with van der Waals surface area (Å²) in [5.41, 5.74) is 0.000176. The summed E-state index contributed by atoms with van der Waals surface area (Å²) in [6, 6.07) is 1.87. The molecule has 7 heteroatoms. The third kappa shape index (κ3) is 3.89. The van der Waals surface area contributed by atoms with Gasteiger partial charge >= 0.3 is 0 Å². The summed E-state index contributed by atoms with van der Waals surface area (Å²) in [5.74, 6) is 0.685. The average molecular weight is 343 g/mol. The molecule has 20 heavy (non-hydrogen) atoms. The van der Waals surface area contributed by atoms with Gasteiger partial charge in [-0.25, -0.2) is 4.98 Å². The summed E-state index contributed by atoms with van der Waals surface area (Å²) < 4.78 is 0.641. The van der Waals surface area contributed by atoms with Crippen LogP contribution in [0.3, 0.4) is 0 Å². The maximum Gasteiger partial charge on any atom is 0.288 e. The lowest BCUT2D eigenvalue weighted by Gasteiger charge is -2.32. The van der Waals surface area contributed by atoms with Crippen LogP contribution in [0.25, 0.3) is 0 Å². The Kier molecular flexibility index (Phi) is 5.31. The SMILES string of the molecule is CCCN1CCC(Nc2ncc([N+](=O)[O-])cc2Br)CC1. The van der Waals surface area contributed by atoms with Gasteiger partial charge in [-0.05, 0) is 41.7 Å². The van der Waals surface area contributed by atoms with Crippen LogP contribution >= 0.6 is 15.9 Å². The van der Waals surface area contributed by atoms with Gasteiger partial charge in [0.2, 0.25) is 0 Å². The van der Waals surface area contributed by atoms with E-state index in [1.807, 2.05) is 0 Å². The van der Waals surface area contributed by atoms with Crippen LogP contribution in [-0.4, -0.2) is 40.5 Å². The van der Waals surface area contributed by atoms with Gasteiger partial charge in [0.05, 0.1) is 9.40 Å². The van der Waals surface area contributed by atoms with Crippen LogP contribution in [0.2, 0.25) is 0 Å². The molecule has 110 valence electrons. The highest BCUT2D eigenvalue weighted by atomic mass is 79.9. The summed E-state index contributed by atoms with van der Waals surface area (Å²) in [5, 5.41) is 14.0. The monoisotopic (exact) mass is 342 g/mol. The number of nitro groups is 1. The van der Waals surface area contributed by atoms with E-state index >= 15 is 0 Å². The Hall–Kier alpha value is -1.21. The van der Waals surface area contributed by atoms with Crippen molar-refractivity contribution in [1.82, 2.24) is 9.88 Å². The average Bonchev–Trinajstić information content (AvgIpc) is 2.43. The topological polar surface area (TPSA) is 71.3 Å². The van der Waals surface area contributed by atoms with Crippen LogP contribution in [0.4, 0.5) is 11.5 Å². The number of likely N-dealkylation sites (tertiary alicyclic amines) is 1. The lowest BCUT2D eigenvalue weighted by atomic mass is 10.0. The molecule has 1 aliphatic heterocycles. The number of hydrogen-bond donors (Lipinski definition) is 1. The van der Waals surface area contributed by atoms with E-state index in [9.17, 15) is 10.1 Å².